The van der Waals surface area contributed by atoms with Crippen LogP contribution in [0.4, 0.5) is 0 Å². The van der Waals surface area contributed by atoms with Crippen molar-refractivity contribution < 1.29 is 17.7 Å². The summed E-state index contributed by atoms with van der Waals surface area (Å²) < 4.78 is 38.0. The summed E-state index contributed by atoms with van der Waals surface area (Å²) in [6.45, 7) is 15.4. The van der Waals surface area contributed by atoms with E-state index in [-0.39, 0.29) is 11.3 Å². The zero-order valence-corrected chi connectivity index (χ0v) is 15.6. The third kappa shape index (κ3) is 3.36. The summed E-state index contributed by atoms with van der Waals surface area (Å²) >= 11 is 0. The fraction of sp³-hybridized carbons (Fsp3) is 0.444. The van der Waals surface area contributed by atoms with Crippen LogP contribution < -0.4 is 0 Å². The van der Waals surface area contributed by atoms with Crippen molar-refractivity contribution in [3.63, 3.8) is 0 Å². The van der Waals surface area contributed by atoms with Gasteiger partial charge in [0.05, 0.1) is 21.3 Å². The molecule has 6 heteroatoms. The third-order valence-electron chi connectivity index (χ3n) is 4.80. The standard InChI is InChI=1S/C18H25BO4S/c1-7-11-16(24(20,21)15-12-9-8-10-13-15)14(2)19-22-17(3,4)18(5,6)23-19/h7-10,12-13,16H,1-2,11H2,3-6H3. The molecule has 0 bridgehead atoms. The molecule has 1 aliphatic heterocycles. The van der Waals surface area contributed by atoms with Gasteiger partial charge in [0, 0.05) is 0 Å². The van der Waals surface area contributed by atoms with Crippen LogP contribution in [0.15, 0.2) is 59.9 Å². The quantitative estimate of drug-likeness (QED) is 0.582. The van der Waals surface area contributed by atoms with Crippen LogP contribution in [0, 0.1) is 0 Å². The van der Waals surface area contributed by atoms with Crippen molar-refractivity contribution >= 4 is 17.0 Å². The highest BCUT2D eigenvalue weighted by Gasteiger charge is 2.53. The minimum atomic E-state index is -3.61. The predicted octanol–water partition coefficient (Wildman–Crippen LogP) is 3.59. The molecule has 1 atom stereocenters. The molecule has 1 aromatic carbocycles. The van der Waals surface area contributed by atoms with Gasteiger partial charge in [-0.3, -0.25) is 0 Å². The number of sulfone groups is 1. The maximum atomic E-state index is 13.0. The lowest BCUT2D eigenvalue weighted by Crippen LogP contribution is -2.41. The molecule has 0 aromatic heterocycles. The second-order valence-corrected chi connectivity index (χ2v) is 9.16. The summed E-state index contributed by atoms with van der Waals surface area (Å²) in [6.07, 6.45) is 1.84. The van der Waals surface area contributed by atoms with Crippen LogP contribution in [0.5, 0.6) is 0 Å². The van der Waals surface area contributed by atoms with Crippen molar-refractivity contribution in [3.05, 3.63) is 55.0 Å². The van der Waals surface area contributed by atoms with Gasteiger partial charge in [0.1, 0.15) is 0 Å². The summed E-state index contributed by atoms with van der Waals surface area (Å²) in [7, 11) is -4.37. The van der Waals surface area contributed by atoms with Gasteiger partial charge in [0.2, 0.25) is 0 Å². The molecule has 1 heterocycles. The minimum Gasteiger partial charge on any atom is -0.400 e. The monoisotopic (exact) mass is 348 g/mol. The van der Waals surface area contributed by atoms with Crippen molar-refractivity contribution in [1.82, 2.24) is 0 Å². The van der Waals surface area contributed by atoms with E-state index in [1.54, 1.807) is 36.4 Å². The molecule has 130 valence electrons. The van der Waals surface area contributed by atoms with Crippen molar-refractivity contribution in [2.75, 3.05) is 0 Å². The average molecular weight is 348 g/mol. The van der Waals surface area contributed by atoms with Gasteiger partial charge in [0.15, 0.2) is 9.84 Å². The second-order valence-electron chi connectivity index (χ2n) is 7.03. The SMILES string of the molecule is C=CCC(C(=C)B1OC(C)(C)C(C)(C)O1)S(=O)(=O)c1ccccc1. The predicted molar refractivity (Wildman–Crippen MR) is 97.5 cm³/mol. The normalized spacial score (nSPS) is 20.6. The van der Waals surface area contributed by atoms with E-state index in [1.165, 1.54) is 0 Å². The smallest absolute Gasteiger partial charge is 0.400 e. The molecule has 0 spiro atoms. The Morgan fingerprint density at radius 1 is 1.17 bits per heavy atom. The summed E-state index contributed by atoms with van der Waals surface area (Å²) in [4.78, 5) is 0.259. The topological polar surface area (TPSA) is 52.6 Å². The van der Waals surface area contributed by atoms with Gasteiger partial charge in [-0.1, -0.05) is 24.3 Å². The minimum absolute atomic E-state index is 0.250. The first-order valence-electron chi connectivity index (χ1n) is 7.97. The largest absolute Gasteiger partial charge is 0.491 e. The molecule has 4 nitrogen and oxygen atoms in total. The molecule has 1 fully saturated rings. The molecule has 0 saturated carbocycles. The molecule has 24 heavy (non-hydrogen) atoms. The van der Waals surface area contributed by atoms with Gasteiger partial charge >= 0.3 is 7.12 Å². The Bertz CT molecular complexity index is 707. The Kier molecular flexibility index (Phi) is 5.14. The van der Waals surface area contributed by atoms with E-state index in [4.69, 9.17) is 9.31 Å². The summed E-state index contributed by atoms with van der Waals surface area (Å²) in [5.41, 5.74) is -0.691. The molecule has 0 N–H and O–H groups in total. The summed E-state index contributed by atoms with van der Waals surface area (Å²) in [6, 6.07) is 8.36. The van der Waals surface area contributed by atoms with Gasteiger partial charge in [-0.05, 0) is 51.7 Å². The Balaban J connectivity index is 2.35. The Labute approximate surface area is 145 Å². The highest BCUT2D eigenvalue weighted by Crippen LogP contribution is 2.40. The van der Waals surface area contributed by atoms with Gasteiger partial charge in [0.25, 0.3) is 0 Å². The molecular weight excluding hydrogens is 323 g/mol. The first-order valence-corrected chi connectivity index (χ1v) is 9.52. The van der Waals surface area contributed by atoms with Crippen LogP contribution in [0.2, 0.25) is 0 Å². The summed E-state index contributed by atoms with van der Waals surface area (Å²) in [5.74, 6) is 0. The molecule has 1 unspecified atom stereocenters. The number of benzene rings is 1. The number of allylic oxidation sites excluding steroid dienone is 1. The number of hydrogen-bond acceptors (Lipinski definition) is 4. The van der Waals surface area contributed by atoms with Crippen LogP contribution in [-0.2, 0) is 19.1 Å². The van der Waals surface area contributed by atoms with Crippen molar-refractivity contribution in [2.24, 2.45) is 0 Å². The van der Waals surface area contributed by atoms with Crippen LogP contribution in [0.3, 0.4) is 0 Å². The zero-order chi connectivity index (χ0) is 18.2. The Morgan fingerprint density at radius 3 is 2.12 bits per heavy atom. The van der Waals surface area contributed by atoms with E-state index in [0.717, 1.165) is 0 Å². The first kappa shape index (κ1) is 19.0. The Morgan fingerprint density at radius 2 is 1.67 bits per heavy atom. The third-order valence-corrected chi connectivity index (χ3v) is 6.97. The van der Waals surface area contributed by atoms with E-state index < -0.39 is 33.4 Å². The van der Waals surface area contributed by atoms with E-state index in [0.29, 0.717) is 5.47 Å². The maximum absolute atomic E-state index is 13.0. The van der Waals surface area contributed by atoms with Crippen molar-refractivity contribution in [2.45, 2.75) is 55.5 Å². The molecule has 1 saturated heterocycles. The zero-order valence-electron chi connectivity index (χ0n) is 14.8. The van der Waals surface area contributed by atoms with Gasteiger partial charge in [-0.25, -0.2) is 8.42 Å². The molecule has 2 rings (SSSR count). The van der Waals surface area contributed by atoms with Crippen LogP contribution in [0.1, 0.15) is 34.1 Å². The van der Waals surface area contributed by atoms with Crippen molar-refractivity contribution in [3.8, 4) is 0 Å². The fourth-order valence-electron chi connectivity index (χ4n) is 2.55. The van der Waals surface area contributed by atoms with E-state index in [2.05, 4.69) is 13.2 Å². The molecule has 1 aliphatic rings. The number of rotatable bonds is 6. The highest BCUT2D eigenvalue weighted by atomic mass is 32.2. The van der Waals surface area contributed by atoms with Gasteiger partial charge in [-0.15, -0.1) is 13.2 Å². The second kappa shape index (κ2) is 6.50. The average Bonchev–Trinajstić information content (AvgIpc) is 2.73. The first-order chi connectivity index (χ1) is 11.0. The fourth-order valence-corrected chi connectivity index (χ4v) is 4.31. The molecule has 1 aromatic rings. The molecule has 0 radical (unpaired) electrons. The van der Waals surface area contributed by atoms with Crippen molar-refractivity contribution in [1.29, 1.82) is 0 Å². The van der Waals surface area contributed by atoms with E-state index in [9.17, 15) is 8.42 Å². The molecular formula is C18H25BO4S. The molecule has 0 amide bonds. The maximum Gasteiger partial charge on any atom is 0.491 e. The van der Waals surface area contributed by atoms with Gasteiger partial charge < -0.3 is 9.31 Å². The van der Waals surface area contributed by atoms with Crippen LogP contribution in [0.25, 0.3) is 0 Å². The van der Waals surface area contributed by atoms with E-state index >= 15 is 0 Å². The van der Waals surface area contributed by atoms with E-state index in [1.807, 2.05) is 27.7 Å². The lowest BCUT2D eigenvalue weighted by molar-refractivity contribution is 0.00578. The lowest BCUT2D eigenvalue weighted by atomic mass is 9.76. The Hall–Kier alpha value is -1.37. The lowest BCUT2D eigenvalue weighted by Gasteiger charge is -2.32. The summed E-state index contributed by atoms with van der Waals surface area (Å²) in [5, 5.41) is -0.841. The van der Waals surface area contributed by atoms with Crippen LogP contribution >= 0.6 is 0 Å². The van der Waals surface area contributed by atoms with Gasteiger partial charge in [-0.2, -0.15) is 0 Å². The van der Waals surface area contributed by atoms with Crippen LogP contribution in [-0.4, -0.2) is 32.0 Å². The number of hydrogen-bond donors (Lipinski definition) is 0. The molecule has 0 aliphatic carbocycles. The highest BCUT2D eigenvalue weighted by molar-refractivity contribution is 7.92.